The maximum atomic E-state index is 16.8. The van der Waals surface area contributed by atoms with Crippen LogP contribution in [0, 0.1) is 5.82 Å². The molecule has 0 amide bonds. The molecule has 1 aromatic heterocycles. The van der Waals surface area contributed by atoms with Gasteiger partial charge in [-0.2, -0.15) is 9.97 Å². The molecule has 3 aromatic rings. The number of ether oxygens (including phenoxy) is 1. The van der Waals surface area contributed by atoms with Crippen molar-refractivity contribution in [1.82, 2.24) is 20.2 Å². The molecule has 2 bridgehead atoms. The van der Waals surface area contributed by atoms with Gasteiger partial charge in [0, 0.05) is 55.5 Å². The van der Waals surface area contributed by atoms with Crippen LogP contribution < -0.4 is 15.0 Å². The number of halogens is 2. The standard InChI is InChI=1S/C35H41F2N5O2/c1-2-22-5-3-6-23-17-35(43,14-11-27(22)23)29-10-9-28-31(30(29)37)39-33(44-21-34-13-4-15-42(34)19-24(36)18-34)40-32(28)41-16-12-25-7-8-26(20-41)38-25/h3,5-6,9-11,14,24-26,38,43H,2,4,7-8,12-13,15-21H2,1H3/t24-,25-,26+,34+,35?/m1/s1. The summed E-state index contributed by atoms with van der Waals surface area (Å²) in [7, 11) is 0. The van der Waals surface area contributed by atoms with Crippen LogP contribution in [0.15, 0.2) is 36.4 Å². The quantitative estimate of drug-likeness (QED) is 0.409. The molecule has 4 aliphatic heterocycles. The van der Waals surface area contributed by atoms with Gasteiger partial charge in [0.05, 0.1) is 5.54 Å². The van der Waals surface area contributed by atoms with Gasteiger partial charge in [-0.05, 0) is 73.9 Å². The van der Waals surface area contributed by atoms with Crippen molar-refractivity contribution in [1.29, 1.82) is 0 Å². The van der Waals surface area contributed by atoms with Gasteiger partial charge in [-0.1, -0.05) is 37.3 Å². The van der Waals surface area contributed by atoms with Gasteiger partial charge < -0.3 is 20.1 Å². The second kappa shape index (κ2) is 10.7. The summed E-state index contributed by atoms with van der Waals surface area (Å²) in [5, 5.41) is 16.2. The molecule has 232 valence electrons. The number of alkyl halides is 1. The Bertz CT molecular complexity index is 1630. The van der Waals surface area contributed by atoms with E-state index in [0.717, 1.165) is 62.9 Å². The van der Waals surface area contributed by atoms with E-state index >= 15 is 4.39 Å². The predicted molar refractivity (Wildman–Crippen MR) is 167 cm³/mol. The summed E-state index contributed by atoms with van der Waals surface area (Å²) in [6.07, 6.45) is 9.53. The number of nitrogens with zero attached hydrogens (tertiary/aromatic N) is 4. The van der Waals surface area contributed by atoms with Crippen LogP contribution in [-0.4, -0.2) is 76.6 Å². The van der Waals surface area contributed by atoms with Crippen molar-refractivity contribution in [3.63, 3.8) is 0 Å². The lowest BCUT2D eigenvalue weighted by Crippen LogP contribution is -2.43. The molecule has 8 rings (SSSR count). The van der Waals surface area contributed by atoms with Crippen LogP contribution in [0.4, 0.5) is 14.6 Å². The highest BCUT2D eigenvalue weighted by atomic mass is 19.1. The first-order valence-corrected chi connectivity index (χ1v) is 16.4. The van der Waals surface area contributed by atoms with Gasteiger partial charge in [0.2, 0.25) is 0 Å². The monoisotopic (exact) mass is 601 g/mol. The maximum Gasteiger partial charge on any atom is 0.319 e. The second-order valence-electron chi connectivity index (χ2n) is 13.7. The first-order valence-electron chi connectivity index (χ1n) is 16.4. The highest BCUT2D eigenvalue weighted by Crippen LogP contribution is 2.42. The van der Waals surface area contributed by atoms with Crippen LogP contribution >= 0.6 is 0 Å². The number of hydrogen-bond acceptors (Lipinski definition) is 7. The van der Waals surface area contributed by atoms with E-state index in [1.807, 2.05) is 24.3 Å². The Labute approximate surface area is 257 Å². The smallest absolute Gasteiger partial charge is 0.319 e. The Morgan fingerprint density at radius 2 is 1.98 bits per heavy atom. The van der Waals surface area contributed by atoms with E-state index in [4.69, 9.17) is 9.72 Å². The zero-order valence-corrected chi connectivity index (χ0v) is 25.4. The van der Waals surface area contributed by atoms with Crippen molar-refractivity contribution < 1.29 is 18.6 Å². The van der Waals surface area contributed by atoms with Gasteiger partial charge in [0.1, 0.15) is 29.7 Å². The number of rotatable bonds is 6. The third-order valence-corrected chi connectivity index (χ3v) is 10.9. The Hall–Kier alpha value is -3.14. The average Bonchev–Trinajstić information content (AvgIpc) is 3.66. The molecule has 1 aliphatic carbocycles. The Morgan fingerprint density at radius 3 is 2.86 bits per heavy atom. The minimum atomic E-state index is -1.52. The summed E-state index contributed by atoms with van der Waals surface area (Å²) in [5.41, 5.74) is 1.77. The van der Waals surface area contributed by atoms with E-state index in [-0.39, 0.29) is 35.7 Å². The molecule has 5 atom stereocenters. The molecule has 9 heteroatoms. The van der Waals surface area contributed by atoms with E-state index in [9.17, 15) is 9.50 Å². The van der Waals surface area contributed by atoms with Crippen LogP contribution in [0.3, 0.4) is 0 Å². The van der Waals surface area contributed by atoms with E-state index in [1.54, 1.807) is 12.1 Å². The number of nitrogens with one attached hydrogen (secondary N) is 1. The fourth-order valence-corrected chi connectivity index (χ4v) is 8.65. The van der Waals surface area contributed by atoms with Gasteiger partial charge in [-0.3, -0.25) is 4.90 Å². The van der Waals surface area contributed by atoms with Crippen molar-refractivity contribution in [3.8, 4) is 6.01 Å². The number of aryl methyl sites for hydroxylation is 1. The van der Waals surface area contributed by atoms with Crippen LogP contribution in [0.5, 0.6) is 6.01 Å². The van der Waals surface area contributed by atoms with Crippen LogP contribution in [0.1, 0.15) is 67.7 Å². The molecule has 44 heavy (non-hydrogen) atoms. The van der Waals surface area contributed by atoms with Gasteiger partial charge in [-0.25, -0.2) is 8.78 Å². The number of anilines is 1. The third kappa shape index (κ3) is 4.70. The molecule has 5 heterocycles. The first kappa shape index (κ1) is 28.3. The van der Waals surface area contributed by atoms with Gasteiger partial charge >= 0.3 is 6.01 Å². The van der Waals surface area contributed by atoms with Crippen LogP contribution in [0.25, 0.3) is 17.0 Å². The zero-order chi connectivity index (χ0) is 30.1. The van der Waals surface area contributed by atoms with Crippen molar-refractivity contribution in [2.75, 3.05) is 37.7 Å². The molecule has 4 fully saturated rings. The molecule has 2 N–H and O–H groups in total. The summed E-state index contributed by atoms with van der Waals surface area (Å²) in [5.74, 6) is 0.0996. The zero-order valence-electron chi connectivity index (χ0n) is 25.4. The lowest BCUT2D eigenvalue weighted by Gasteiger charge is -2.32. The largest absolute Gasteiger partial charge is 0.461 e. The number of aromatic nitrogens is 2. The summed E-state index contributed by atoms with van der Waals surface area (Å²) < 4.78 is 37.5. The Morgan fingerprint density at radius 1 is 1.09 bits per heavy atom. The van der Waals surface area contributed by atoms with Gasteiger partial charge in [0.15, 0.2) is 5.82 Å². The predicted octanol–water partition coefficient (Wildman–Crippen LogP) is 5.07. The van der Waals surface area contributed by atoms with Gasteiger partial charge in [-0.15, -0.1) is 0 Å². The van der Waals surface area contributed by atoms with Crippen LogP contribution in [0.2, 0.25) is 0 Å². The molecule has 2 aromatic carbocycles. The lowest BCUT2D eigenvalue weighted by atomic mass is 9.79. The number of benzene rings is 2. The molecule has 1 unspecified atom stereocenters. The van der Waals surface area contributed by atoms with E-state index in [1.165, 1.54) is 12.0 Å². The first-order chi connectivity index (χ1) is 21.3. The average molecular weight is 602 g/mol. The number of fused-ring (bicyclic) bond motifs is 5. The fraction of sp³-hybridized carbons (Fsp3) is 0.543. The summed E-state index contributed by atoms with van der Waals surface area (Å²) >= 11 is 0. The van der Waals surface area contributed by atoms with E-state index in [2.05, 4.69) is 33.1 Å². The fourth-order valence-electron chi connectivity index (χ4n) is 8.65. The molecular formula is C35H41F2N5O2. The van der Waals surface area contributed by atoms with E-state index in [0.29, 0.717) is 36.3 Å². The van der Waals surface area contributed by atoms with Crippen molar-refractivity contribution in [3.05, 3.63) is 64.5 Å². The second-order valence-corrected chi connectivity index (χ2v) is 13.7. The highest BCUT2D eigenvalue weighted by Gasteiger charge is 2.49. The molecule has 0 spiro atoms. The Balaban J connectivity index is 1.19. The number of aliphatic hydroxyl groups is 1. The minimum absolute atomic E-state index is 0.110. The van der Waals surface area contributed by atoms with Crippen molar-refractivity contribution >= 4 is 22.8 Å². The normalized spacial score (nSPS) is 31.4. The summed E-state index contributed by atoms with van der Waals surface area (Å²) in [6.45, 7) is 5.26. The molecule has 7 nitrogen and oxygen atoms in total. The maximum absolute atomic E-state index is 16.8. The molecule has 0 saturated carbocycles. The minimum Gasteiger partial charge on any atom is -0.461 e. The molecule has 0 radical (unpaired) electrons. The molecular weight excluding hydrogens is 560 g/mol. The Kier molecular flexibility index (Phi) is 6.92. The van der Waals surface area contributed by atoms with Crippen LogP contribution in [-0.2, 0) is 18.4 Å². The summed E-state index contributed by atoms with van der Waals surface area (Å²) in [6, 6.07) is 10.6. The highest BCUT2D eigenvalue weighted by molar-refractivity contribution is 5.91. The number of hydrogen-bond donors (Lipinski definition) is 2. The SMILES string of the molecule is CCc1cccc2c1C=CC(O)(c1ccc3c(N4CC[C@H]5CC[C@@H](C4)N5)nc(OC[C@@]45CCCN4C[C@H](F)C5)nc3c1F)C2. The third-order valence-electron chi connectivity index (χ3n) is 10.9. The molecule has 4 saturated heterocycles. The van der Waals surface area contributed by atoms with Gasteiger partial charge in [0.25, 0.3) is 0 Å². The van der Waals surface area contributed by atoms with Crippen molar-refractivity contribution in [2.24, 2.45) is 0 Å². The lowest BCUT2D eigenvalue weighted by molar-refractivity contribution is 0.0854. The topological polar surface area (TPSA) is 73.8 Å². The van der Waals surface area contributed by atoms with E-state index < -0.39 is 17.6 Å². The summed E-state index contributed by atoms with van der Waals surface area (Å²) in [4.78, 5) is 14.0. The van der Waals surface area contributed by atoms with Crippen molar-refractivity contribution in [2.45, 2.75) is 87.7 Å². The molecule has 5 aliphatic rings.